The standard InChI is InChI=1S/C22H31N5O3/c1-7-29-12-17(13-30-8-2)25-22-24-16(5)23-21-20(15(4)26-27(21)22)19-10-9-18(28-6)11-14(19)3/h9-11,17H,7-8,12-13H2,1-6H3,(H,23,24,25). The summed E-state index contributed by atoms with van der Waals surface area (Å²) in [6.45, 7) is 12.2. The van der Waals surface area contributed by atoms with Crippen molar-refractivity contribution >= 4 is 11.6 Å². The number of nitrogens with zero attached hydrogens (tertiary/aromatic N) is 4. The van der Waals surface area contributed by atoms with Crippen LogP contribution in [0.15, 0.2) is 18.2 Å². The zero-order chi connectivity index (χ0) is 21.7. The first-order valence-electron chi connectivity index (χ1n) is 10.3. The lowest BCUT2D eigenvalue weighted by Crippen LogP contribution is -2.32. The molecule has 0 fully saturated rings. The summed E-state index contributed by atoms with van der Waals surface area (Å²) >= 11 is 0. The Balaban J connectivity index is 2.05. The minimum atomic E-state index is -0.0434. The van der Waals surface area contributed by atoms with Gasteiger partial charge in [0, 0.05) is 18.8 Å². The largest absolute Gasteiger partial charge is 0.497 e. The number of hydrogen-bond donors (Lipinski definition) is 1. The molecule has 0 atom stereocenters. The molecule has 0 aliphatic carbocycles. The summed E-state index contributed by atoms with van der Waals surface area (Å²) in [4.78, 5) is 9.31. The second-order valence-corrected chi connectivity index (χ2v) is 7.13. The molecule has 0 aliphatic heterocycles. The second-order valence-electron chi connectivity index (χ2n) is 7.13. The number of methoxy groups -OCH3 is 1. The Labute approximate surface area is 177 Å². The molecule has 8 heteroatoms. The molecule has 0 saturated heterocycles. The third-order valence-electron chi connectivity index (χ3n) is 4.85. The smallest absolute Gasteiger partial charge is 0.228 e. The molecule has 0 unspecified atom stereocenters. The maximum Gasteiger partial charge on any atom is 0.228 e. The van der Waals surface area contributed by atoms with Crippen LogP contribution in [0.5, 0.6) is 5.75 Å². The molecule has 1 N–H and O–H groups in total. The van der Waals surface area contributed by atoms with Gasteiger partial charge in [0.25, 0.3) is 0 Å². The van der Waals surface area contributed by atoms with Crippen molar-refractivity contribution in [2.75, 3.05) is 38.9 Å². The van der Waals surface area contributed by atoms with Crippen LogP contribution in [0, 0.1) is 20.8 Å². The molecular weight excluding hydrogens is 382 g/mol. The Morgan fingerprint density at radius 3 is 2.33 bits per heavy atom. The summed E-state index contributed by atoms with van der Waals surface area (Å²) in [7, 11) is 1.67. The molecule has 1 aromatic carbocycles. The molecule has 162 valence electrons. The first kappa shape index (κ1) is 22.0. The third-order valence-corrected chi connectivity index (χ3v) is 4.85. The number of benzene rings is 1. The van der Waals surface area contributed by atoms with Crippen molar-refractivity contribution in [1.29, 1.82) is 0 Å². The number of anilines is 1. The van der Waals surface area contributed by atoms with Gasteiger partial charge in [-0.25, -0.2) is 4.98 Å². The van der Waals surface area contributed by atoms with Gasteiger partial charge in [-0.1, -0.05) is 6.07 Å². The number of rotatable bonds is 10. The summed E-state index contributed by atoms with van der Waals surface area (Å²) < 4.78 is 18.4. The molecule has 8 nitrogen and oxygen atoms in total. The minimum absolute atomic E-state index is 0.0434. The molecule has 2 aromatic heterocycles. The van der Waals surface area contributed by atoms with Crippen LogP contribution in [-0.4, -0.2) is 59.2 Å². The average molecular weight is 414 g/mol. The molecule has 3 rings (SSSR count). The van der Waals surface area contributed by atoms with Crippen molar-refractivity contribution in [2.45, 2.75) is 40.7 Å². The first-order valence-corrected chi connectivity index (χ1v) is 10.3. The average Bonchev–Trinajstić information content (AvgIpc) is 3.05. The Hall–Kier alpha value is -2.71. The maximum absolute atomic E-state index is 5.62. The van der Waals surface area contributed by atoms with Crippen molar-refractivity contribution in [2.24, 2.45) is 0 Å². The van der Waals surface area contributed by atoms with Gasteiger partial charge in [-0.05, 0) is 57.9 Å². The number of hydrogen-bond acceptors (Lipinski definition) is 7. The van der Waals surface area contributed by atoms with Crippen LogP contribution in [0.2, 0.25) is 0 Å². The summed E-state index contributed by atoms with van der Waals surface area (Å²) in [6, 6.07) is 5.98. The van der Waals surface area contributed by atoms with Crippen molar-refractivity contribution in [1.82, 2.24) is 19.6 Å². The number of aryl methyl sites for hydroxylation is 3. The second kappa shape index (κ2) is 9.86. The third kappa shape index (κ3) is 4.71. The number of ether oxygens (including phenoxy) is 3. The predicted molar refractivity (Wildman–Crippen MR) is 117 cm³/mol. The van der Waals surface area contributed by atoms with E-state index in [2.05, 4.69) is 23.3 Å². The van der Waals surface area contributed by atoms with Crippen LogP contribution in [0.25, 0.3) is 16.8 Å². The highest BCUT2D eigenvalue weighted by Gasteiger charge is 2.20. The fourth-order valence-corrected chi connectivity index (χ4v) is 3.43. The van der Waals surface area contributed by atoms with E-state index in [0.29, 0.717) is 38.2 Å². The predicted octanol–water partition coefficient (Wildman–Crippen LogP) is 3.58. The topological polar surface area (TPSA) is 82.8 Å². The quantitative estimate of drug-likeness (QED) is 0.544. The highest BCUT2D eigenvalue weighted by molar-refractivity contribution is 5.82. The molecule has 0 bridgehead atoms. The molecular formula is C22H31N5O3. The van der Waals surface area contributed by atoms with Gasteiger partial charge in [-0.15, -0.1) is 0 Å². The van der Waals surface area contributed by atoms with E-state index in [1.54, 1.807) is 11.6 Å². The van der Waals surface area contributed by atoms with E-state index >= 15 is 0 Å². The van der Waals surface area contributed by atoms with Gasteiger partial charge in [0.1, 0.15) is 11.6 Å². The Kier molecular flexibility index (Phi) is 7.23. The lowest BCUT2D eigenvalue weighted by atomic mass is 10.0. The summed E-state index contributed by atoms with van der Waals surface area (Å²) in [5.41, 5.74) is 4.82. The molecule has 2 heterocycles. The SMILES string of the molecule is CCOCC(COCC)Nc1nc(C)nc2c(-c3ccc(OC)cc3C)c(C)nn12. The van der Waals surface area contributed by atoms with Crippen LogP contribution >= 0.6 is 0 Å². The van der Waals surface area contributed by atoms with Gasteiger partial charge < -0.3 is 19.5 Å². The fraction of sp³-hybridized carbons (Fsp3) is 0.500. The van der Waals surface area contributed by atoms with Gasteiger partial charge in [-0.2, -0.15) is 14.6 Å². The van der Waals surface area contributed by atoms with E-state index in [9.17, 15) is 0 Å². The van der Waals surface area contributed by atoms with Gasteiger partial charge in [-0.3, -0.25) is 0 Å². The van der Waals surface area contributed by atoms with Crippen molar-refractivity contribution in [3.8, 4) is 16.9 Å². The minimum Gasteiger partial charge on any atom is -0.497 e. The molecule has 0 amide bonds. The molecule has 0 saturated carbocycles. The van der Waals surface area contributed by atoms with E-state index in [0.717, 1.165) is 33.8 Å². The van der Waals surface area contributed by atoms with Gasteiger partial charge in [0.15, 0.2) is 5.65 Å². The fourth-order valence-electron chi connectivity index (χ4n) is 3.43. The van der Waals surface area contributed by atoms with Gasteiger partial charge in [0.2, 0.25) is 5.95 Å². The zero-order valence-corrected chi connectivity index (χ0v) is 18.7. The number of aromatic nitrogens is 4. The Bertz CT molecular complexity index is 994. The number of fused-ring (bicyclic) bond motifs is 1. The van der Waals surface area contributed by atoms with Crippen molar-refractivity contribution in [3.05, 3.63) is 35.3 Å². The molecule has 30 heavy (non-hydrogen) atoms. The van der Waals surface area contributed by atoms with Crippen LogP contribution < -0.4 is 10.1 Å². The highest BCUT2D eigenvalue weighted by atomic mass is 16.5. The van der Waals surface area contributed by atoms with E-state index in [1.807, 2.05) is 39.8 Å². The number of nitrogens with one attached hydrogen (secondary N) is 1. The van der Waals surface area contributed by atoms with Crippen LogP contribution in [0.4, 0.5) is 5.95 Å². The zero-order valence-electron chi connectivity index (χ0n) is 18.7. The van der Waals surface area contributed by atoms with E-state index in [4.69, 9.17) is 24.3 Å². The van der Waals surface area contributed by atoms with Crippen LogP contribution in [0.3, 0.4) is 0 Å². The van der Waals surface area contributed by atoms with Crippen LogP contribution in [-0.2, 0) is 9.47 Å². The monoisotopic (exact) mass is 413 g/mol. The normalized spacial score (nSPS) is 11.4. The Morgan fingerprint density at radius 2 is 1.73 bits per heavy atom. The van der Waals surface area contributed by atoms with Crippen molar-refractivity contribution in [3.63, 3.8) is 0 Å². The lowest BCUT2D eigenvalue weighted by Gasteiger charge is -2.19. The summed E-state index contributed by atoms with van der Waals surface area (Å²) in [5.74, 6) is 2.12. The molecule has 0 aliphatic rings. The molecule has 3 aromatic rings. The maximum atomic E-state index is 5.62. The van der Waals surface area contributed by atoms with Crippen LogP contribution in [0.1, 0.15) is 30.9 Å². The van der Waals surface area contributed by atoms with E-state index < -0.39 is 0 Å². The van der Waals surface area contributed by atoms with E-state index in [-0.39, 0.29) is 6.04 Å². The summed E-state index contributed by atoms with van der Waals surface area (Å²) in [6.07, 6.45) is 0. The molecule has 0 spiro atoms. The first-order chi connectivity index (χ1) is 14.5. The lowest BCUT2D eigenvalue weighted by molar-refractivity contribution is 0.0833. The van der Waals surface area contributed by atoms with Crippen molar-refractivity contribution < 1.29 is 14.2 Å². The summed E-state index contributed by atoms with van der Waals surface area (Å²) in [5, 5.41) is 8.18. The van der Waals surface area contributed by atoms with Gasteiger partial charge in [0.05, 0.1) is 32.1 Å². The molecule has 0 radical (unpaired) electrons. The van der Waals surface area contributed by atoms with E-state index in [1.165, 1.54) is 0 Å². The van der Waals surface area contributed by atoms with Gasteiger partial charge >= 0.3 is 0 Å². The Morgan fingerprint density at radius 1 is 1.03 bits per heavy atom. The highest BCUT2D eigenvalue weighted by Crippen LogP contribution is 2.32.